The van der Waals surface area contributed by atoms with Gasteiger partial charge in [-0.25, -0.2) is 14.2 Å². The standard InChI is InChI=1S/C14H8FN3O2S/c15-9-6-5-8(13(19)20)7-12(9)21-14-16-10-3-1-2-4-11(10)17-18-14/h1-7H,(H,19,20). The molecule has 2 aromatic carbocycles. The maximum Gasteiger partial charge on any atom is 0.335 e. The molecule has 1 heterocycles. The summed E-state index contributed by atoms with van der Waals surface area (Å²) in [6, 6.07) is 10.8. The number of aromatic carboxylic acids is 1. The van der Waals surface area contributed by atoms with Crippen molar-refractivity contribution in [3.63, 3.8) is 0 Å². The van der Waals surface area contributed by atoms with Gasteiger partial charge in [-0.2, -0.15) is 0 Å². The smallest absolute Gasteiger partial charge is 0.335 e. The Bertz CT molecular complexity index is 841. The molecule has 7 heteroatoms. The van der Waals surface area contributed by atoms with Crippen LogP contribution in [0.5, 0.6) is 0 Å². The van der Waals surface area contributed by atoms with Crippen LogP contribution in [0.3, 0.4) is 0 Å². The fraction of sp³-hybridized carbons (Fsp3) is 0. The van der Waals surface area contributed by atoms with E-state index in [4.69, 9.17) is 5.11 Å². The fourth-order valence-corrected chi connectivity index (χ4v) is 2.50. The van der Waals surface area contributed by atoms with Crippen LogP contribution in [-0.2, 0) is 0 Å². The molecule has 3 aromatic rings. The van der Waals surface area contributed by atoms with Crippen LogP contribution < -0.4 is 0 Å². The summed E-state index contributed by atoms with van der Waals surface area (Å²) in [4.78, 5) is 15.3. The fourth-order valence-electron chi connectivity index (χ4n) is 1.72. The summed E-state index contributed by atoms with van der Waals surface area (Å²) in [5, 5.41) is 17.1. The third-order valence-electron chi connectivity index (χ3n) is 2.72. The van der Waals surface area contributed by atoms with Gasteiger partial charge in [-0.05, 0) is 42.1 Å². The number of halogens is 1. The summed E-state index contributed by atoms with van der Waals surface area (Å²) in [5.41, 5.74) is 1.29. The summed E-state index contributed by atoms with van der Waals surface area (Å²) in [5.74, 6) is -1.64. The molecule has 0 saturated carbocycles. The van der Waals surface area contributed by atoms with E-state index in [-0.39, 0.29) is 15.6 Å². The number of carboxylic acid groups (broad SMARTS) is 1. The zero-order chi connectivity index (χ0) is 14.8. The average molecular weight is 301 g/mol. The number of fused-ring (bicyclic) bond motifs is 1. The minimum absolute atomic E-state index is 0.00708. The van der Waals surface area contributed by atoms with Crippen LogP contribution in [0, 0.1) is 5.82 Å². The maximum absolute atomic E-state index is 13.7. The molecule has 0 spiro atoms. The van der Waals surface area contributed by atoms with Crippen molar-refractivity contribution in [3.8, 4) is 0 Å². The van der Waals surface area contributed by atoms with Crippen molar-refractivity contribution in [1.29, 1.82) is 0 Å². The van der Waals surface area contributed by atoms with Crippen LogP contribution in [0.4, 0.5) is 4.39 Å². The van der Waals surface area contributed by atoms with Crippen LogP contribution in [0.15, 0.2) is 52.5 Å². The Hall–Kier alpha value is -2.54. The van der Waals surface area contributed by atoms with Crippen molar-refractivity contribution >= 4 is 28.8 Å². The highest BCUT2D eigenvalue weighted by molar-refractivity contribution is 7.99. The molecule has 5 nitrogen and oxygen atoms in total. The van der Waals surface area contributed by atoms with Crippen molar-refractivity contribution in [2.24, 2.45) is 0 Å². The first-order valence-corrected chi connectivity index (χ1v) is 6.75. The topological polar surface area (TPSA) is 76.0 Å². The molecule has 1 N–H and O–H groups in total. The number of para-hydroxylation sites is 1. The Labute approximate surface area is 122 Å². The number of hydrogen-bond donors (Lipinski definition) is 1. The Morgan fingerprint density at radius 1 is 1.10 bits per heavy atom. The number of hydrogen-bond acceptors (Lipinski definition) is 5. The van der Waals surface area contributed by atoms with E-state index in [0.29, 0.717) is 11.0 Å². The van der Waals surface area contributed by atoms with Crippen molar-refractivity contribution in [1.82, 2.24) is 15.2 Å². The largest absolute Gasteiger partial charge is 0.478 e. The van der Waals surface area contributed by atoms with E-state index in [1.165, 1.54) is 12.1 Å². The lowest BCUT2D eigenvalue weighted by Crippen LogP contribution is -1.98. The van der Waals surface area contributed by atoms with Crippen molar-refractivity contribution in [3.05, 3.63) is 53.8 Å². The van der Waals surface area contributed by atoms with Gasteiger partial charge >= 0.3 is 5.97 Å². The molecule has 1 aromatic heterocycles. The van der Waals surface area contributed by atoms with Gasteiger partial charge in [0.2, 0.25) is 5.16 Å². The molecule has 0 fully saturated rings. The zero-order valence-corrected chi connectivity index (χ0v) is 11.3. The van der Waals surface area contributed by atoms with Crippen LogP contribution in [-0.4, -0.2) is 26.3 Å². The lowest BCUT2D eigenvalue weighted by atomic mass is 10.2. The molecule has 0 aliphatic carbocycles. The summed E-state index contributed by atoms with van der Waals surface area (Å²) >= 11 is 0.938. The second-order valence-electron chi connectivity index (χ2n) is 4.14. The molecule has 0 amide bonds. The molecule has 0 aliphatic rings. The van der Waals surface area contributed by atoms with E-state index in [1.807, 2.05) is 12.1 Å². The first-order valence-electron chi connectivity index (χ1n) is 5.93. The van der Waals surface area contributed by atoms with Gasteiger partial charge in [0.25, 0.3) is 0 Å². The van der Waals surface area contributed by atoms with Gasteiger partial charge in [0, 0.05) is 0 Å². The van der Waals surface area contributed by atoms with Crippen molar-refractivity contribution in [2.75, 3.05) is 0 Å². The molecule has 0 unspecified atom stereocenters. The maximum atomic E-state index is 13.7. The Kier molecular flexibility index (Phi) is 3.49. The quantitative estimate of drug-likeness (QED) is 0.801. The minimum Gasteiger partial charge on any atom is -0.478 e. The van der Waals surface area contributed by atoms with Gasteiger partial charge in [-0.3, -0.25) is 0 Å². The number of carboxylic acids is 1. The van der Waals surface area contributed by atoms with Crippen LogP contribution in [0.1, 0.15) is 10.4 Å². The number of aromatic nitrogens is 3. The second kappa shape index (κ2) is 5.45. The molecule has 0 aliphatic heterocycles. The number of carbonyl (C=O) groups is 1. The number of benzene rings is 2. The summed E-state index contributed by atoms with van der Waals surface area (Å²) < 4.78 is 13.7. The number of rotatable bonds is 3. The lowest BCUT2D eigenvalue weighted by molar-refractivity contribution is 0.0696. The Balaban J connectivity index is 1.98. The summed E-state index contributed by atoms with van der Waals surface area (Å²) in [6.07, 6.45) is 0. The molecule has 0 bridgehead atoms. The first kappa shape index (κ1) is 13.4. The summed E-state index contributed by atoms with van der Waals surface area (Å²) in [7, 11) is 0. The average Bonchev–Trinajstić information content (AvgIpc) is 2.49. The van der Waals surface area contributed by atoms with E-state index in [1.54, 1.807) is 12.1 Å². The second-order valence-corrected chi connectivity index (χ2v) is 5.14. The van der Waals surface area contributed by atoms with Gasteiger partial charge in [0.1, 0.15) is 11.3 Å². The van der Waals surface area contributed by atoms with Gasteiger partial charge in [0.15, 0.2) is 0 Å². The lowest BCUT2D eigenvalue weighted by Gasteiger charge is -2.03. The normalized spacial score (nSPS) is 10.7. The van der Waals surface area contributed by atoms with E-state index < -0.39 is 11.8 Å². The monoisotopic (exact) mass is 301 g/mol. The van der Waals surface area contributed by atoms with Gasteiger partial charge in [-0.15, -0.1) is 10.2 Å². The molecule has 0 atom stereocenters. The third-order valence-corrected chi connectivity index (χ3v) is 3.61. The van der Waals surface area contributed by atoms with E-state index in [2.05, 4.69) is 15.2 Å². The van der Waals surface area contributed by atoms with E-state index in [0.717, 1.165) is 17.8 Å². The zero-order valence-electron chi connectivity index (χ0n) is 10.5. The van der Waals surface area contributed by atoms with Crippen molar-refractivity contribution < 1.29 is 14.3 Å². The molecule has 21 heavy (non-hydrogen) atoms. The predicted octanol–water partition coefficient (Wildman–Crippen LogP) is 3.01. The SMILES string of the molecule is O=C(O)c1ccc(F)c(Sc2nnc3ccccc3n2)c1. The van der Waals surface area contributed by atoms with Gasteiger partial charge < -0.3 is 5.11 Å². The molecular weight excluding hydrogens is 293 g/mol. The van der Waals surface area contributed by atoms with Crippen LogP contribution >= 0.6 is 11.8 Å². The Morgan fingerprint density at radius 2 is 1.86 bits per heavy atom. The molecule has 0 radical (unpaired) electrons. The number of nitrogens with zero attached hydrogens (tertiary/aromatic N) is 3. The van der Waals surface area contributed by atoms with E-state index >= 15 is 0 Å². The van der Waals surface area contributed by atoms with Gasteiger partial charge in [0.05, 0.1) is 16.0 Å². The highest BCUT2D eigenvalue weighted by Gasteiger charge is 2.12. The molecule has 0 saturated heterocycles. The van der Waals surface area contributed by atoms with Crippen LogP contribution in [0.25, 0.3) is 11.0 Å². The molecular formula is C14H8FN3O2S. The van der Waals surface area contributed by atoms with E-state index in [9.17, 15) is 9.18 Å². The van der Waals surface area contributed by atoms with Crippen molar-refractivity contribution in [2.45, 2.75) is 10.1 Å². The minimum atomic E-state index is -1.12. The summed E-state index contributed by atoms with van der Waals surface area (Å²) in [6.45, 7) is 0. The first-order chi connectivity index (χ1) is 10.1. The molecule has 3 rings (SSSR count). The van der Waals surface area contributed by atoms with Crippen LogP contribution in [0.2, 0.25) is 0 Å². The molecule has 104 valence electrons. The predicted molar refractivity (Wildman–Crippen MR) is 74.8 cm³/mol. The van der Waals surface area contributed by atoms with Gasteiger partial charge in [-0.1, -0.05) is 12.1 Å². The third kappa shape index (κ3) is 2.82. The Morgan fingerprint density at radius 3 is 2.62 bits per heavy atom. The highest BCUT2D eigenvalue weighted by Crippen LogP contribution is 2.28. The highest BCUT2D eigenvalue weighted by atomic mass is 32.2.